The molecule has 12 aliphatic heterocycles. The smallest absolute Gasteiger partial charge is 0.306 e. The van der Waals surface area contributed by atoms with Gasteiger partial charge in [-0.3, -0.25) is 24.0 Å². The van der Waals surface area contributed by atoms with Crippen molar-refractivity contribution in [3.8, 4) is 0 Å². The second-order valence-electron chi connectivity index (χ2n) is 33.9. The monoisotopic (exact) mass is 1650 g/mol. The number of hydrogen-bond donors (Lipinski definition) is 14. The lowest BCUT2D eigenvalue weighted by Gasteiger charge is -2.35. The Morgan fingerprint density at radius 3 is 0.525 bits per heavy atom. The van der Waals surface area contributed by atoms with Crippen LogP contribution in [0.2, 0.25) is 0 Å². The molecule has 12 saturated heterocycles. The zero-order valence-electron chi connectivity index (χ0n) is 68.4. The third-order valence-corrected chi connectivity index (χ3v) is 25.5. The van der Waals surface area contributed by atoms with Crippen LogP contribution in [0.4, 0.5) is 71.4 Å². The second-order valence-corrected chi connectivity index (χ2v) is 33.9. The molecular formula is C77H127N31O10. The quantitative estimate of drug-likeness (QED) is 0.0621. The summed E-state index contributed by atoms with van der Waals surface area (Å²) in [5, 5.41) is 60.1. The molecule has 12 aliphatic rings. The molecule has 0 spiro atoms. The van der Waals surface area contributed by atoms with Crippen LogP contribution in [-0.4, -0.2) is 315 Å². The predicted molar refractivity (Wildman–Crippen MR) is 448 cm³/mol. The van der Waals surface area contributed by atoms with Gasteiger partial charge in [0, 0.05) is 173 Å². The van der Waals surface area contributed by atoms with E-state index in [2.05, 4.69) is 85.5 Å². The highest BCUT2D eigenvalue weighted by Crippen LogP contribution is 2.33. The van der Waals surface area contributed by atoms with Crippen LogP contribution in [-0.2, 0) is 24.0 Å². The summed E-state index contributed by atoms with van der Waals surface area (Å²) in [5.74, 6) is 2.30. The summed E-state index contributed by atoms with van der Waals surface area (Å²) in [6.45, 7) is 18.6. The van der Waals surface area contributed by atoms with Crippen LogP contribution in [0.1, 0.15) is 154 Å². The predicted octanol–water partition coefficient (Wildman–Crippen LogP) is 0.957. The molecule has 41 heteroatoms. The van der Waals surface area contributed by atoms with Gasteiger partial charge in [0.1, 0.15) is 0 Å². The SMILES string of the molecule is NC1CCN(c2nc(N3CCC(N)CC3)nc(N3CCC(C(=O)O)CC3)n2)CC1.NC1CCN(c2nc(N3CCC(N)CC3)nc(N3CCC(N)CC3)n2)CC1.O=C(O)C1CCN(c2nc(N3CCC(C(=O)O)CC3)nc(N3CCC(C(=O)O)CC3)n2)CC1.O=C(O)C1CCN(c2nc(NC3CCNCC3)nc(NC3CCNCC3)n2)CC1. The lowest BCUT2D eigenvalue weighted by Crippen LogP contribution is -2.44. The van der Waals surface area contributed by atoms with Gasteiger partial charge in [-0.1, -0.05) is 0 Å². The standard InChI is InChI=1S/C21H30N6O6.2C19H32N8O2.C18H33N9/c28-16(29)13-1-7-25(8-2-13)19-22-20(26-9-3-14(4-10-26)17(30)31)24-21(23-19)27-11-5-15(6-12-27)18(32)33;28-16(29)13-5-11-27(12-6-13)19-25-17(22-14-1-7-20-8-2-14)24-18(26-19)23-15-3-9-21-10-4-15;20-14-3-9-26(10-4-14)18-22-17(25-7-1-13(2-8-25)16(28)29)23-19(24-18)27-11-5-15(21)6-12-27;19-13-1-7-25(8-2-13)16-22-17(26-9-3-14(20)4-10-26)24-18(23-16)27-11-5-15(21)6-12-27/h13-15H,1-12H2,(H,28,29)(H,30,31)(H,32,33);13-15,20-21H,1-12H2,(H,28,29)(H2,22,23,24,25,26);13-15H,1-12,20-21H2,(H,28,29);13-15H,1-12,19-21H2. The van der Waals surface area contributed by atoms with E-state index in [1.54, 1.807) is 0 Å². The Balaban J connectivity index is 0.000000137. The average Bonchev–Trinajstić information content (AvgIpc) is 0.805. The number of rotatable bonds is 19. The number of aliphatic carboxylic acids is 5. The van der Waals surface area contributed by atoms with Crippen LogP contribution in [0.3, 0.4) is 0 Å². The van der Waals surface area contributed by atoms with E-state index in [-0.39, 0.29) is 59.8 Å². The number of anilines is 12. The molecule has 650 valence electrons. The van der Waals surface area contributed by atoms with Crippen molar-refractivity contribution in [1.82, 2.24) is 70.4 Å². The maximum atomic E-state index is 11.3. The zero-order chi connectivity index (χ0) is 82.8. The largest absolute Gasteiger partial charge is 0.481 e. The van der Waals surface area contributed by atoms with E-state index < -0.39 is 29.8 Å². The van der Waals surface area contributed by atoms with Gasteiger partial charge in [-0.05, 0) is 180 Å². The van der Waals surface area contributed by atoms with E-state index in [1.807, 2.05) is 14.7 Å². The Bertz CT molecular complexity index is 3580. The maximum absolute atomic E-state index is 11.3. The van der Waals surface area contributed by atoms with E-state index in [0.29, 0.717) is 195 Å². The van der Waals surface area contributed by atoms with Crippen molar-refractivity contribution >= 4 is 101 Å². The number of nitrogens with two attached hydrogens (primary N) is 5. The molecule has 4 aromatic heterocycles. The highest BCUT2D eigenvalue weighted by molar-refractivity contribution is 5.73. The fourth-order valence-electron chi connectivity index (χ4n) is 17.4. The van der Waals surface area contributed by atoms with Gasteiger partial charge in [-0.15, -0.1) is 0 Å². The number of carboxylic acid groups (broad SMARTS) is 5. The second kappa shape index (κ2) is 41.6. The van der Waals surface area contributed by atoms with Crippen molar-refractivity contribution in [3.63, 3.8) is 0 Å². The van der Waals surface area contributed by atoms with Crippen LogP contribution in [0.5, 0.6) is 0 Å². The molecule has 0 radical (unpaired) electrons. The van der Waals surface area contributed by atoms with Crippen molar-refractivity contribution in [3.05, 3.63) is 0 Å². The summed E-state index contributed by atoms with van der Waals surface area (Å²) in [4.78, 5) is 135. The molecule has 16 rings (SSSR count). The molecule has 4 aromatic rings. The molecule has 0 saturated carbocycles. The van der Waals surface area contributed by atoms with E-state index in [4.69, 9.17) is 58.6 Å². The van der Waals surface area contributed by atoms with Gasteiger partial charge < -0.3 is 124 Å². The molecule has 0 aromatic carbocycles. The first-order valence-corrected chi connectivity index (χ1v) is 43.5. The third-order valence-electron chi connectivity index (χ3n) is 25.5. The Labute approximate surface area is 689 Å². The number of carbonyl (C=O) groups is 5. The summed E-state index contributed by atoms with van der Waals surface area (Å²) in [5.41, 5.74) is 30.3. The summed E-state index contributed by atoms with van der Waals surface area (Å²) in [6.07, 6.45) is 19.3. The van der Waals surface area contributed by atoms with Gasteiger partial charge in [0.2, 0.25) is 71.4 Å². The normalized spacial score (nSPS) is 22.6. The highest BCUT2D eigenvalue weighted by Gasteiger charge is 2.36. The molecule has 12 fully saturated rings. The number of hydrogen-bond acceptors (Lipinski definition) is 36. The molecule has 0 atom stereocenters. The highest BCUT2D eigenvalue weighted by atomic mass is 16.4. The summed E-state index contributed by atoms with van der Waals surface area (Å²) in [7, 11) is 0. The van der Waals surface area contributed by atoms with Gasteiger partial charge in [0.05, 0.1) is 29.6 Å². The fourth-order valence-corrected chi connectivity index (χ4v) is 17.4. The van der Waals surface area contributed by atoms with E-state index in [9.17, 15) is 49.5 Å². The number of aromatic nitrogens is 12. The molecule has 0 aliphatic carbocycles. The van der Waals surface area contributed by atoms with E-state index in [0.717, 1.165) is 199 Å². The minimum absolute atomic E-state index is 0.241. The number of piperidine rings is 12. The van der Waals surface area contributed by atoms with E-state index in [1.165, 1.54) is 0 Å². The van der Waals surface area contributed by atoms with Crippen molar-refractivity contribution in [2.75, 3.05) is 217 Å². The Morgan fingerprint density at radius 2 is 0.373 bits per heavy atom. The van der Waals surface area contributed by atoms with Crippen LogP contribution >= 0.6 is 0 Å². The Hall–Kier alpha value is -9.29. The van der Waals surface area contributed by atoms with Crippen molar-refractivity contribution < 1.29 is 49.5 Å². The molecule has 0 amide bonds. The van der Waals surface area contributed by atoms with Crippen LogP contribution < -0.4 is 98.9 Å². The average molecular weight is 1650 g/mol. The molecular weight excluding hydrogens is 1520 g/mol. The topological polar surface area (TPSA) is 552 Å². The first kappa shape index (κ1) is 86.6. The minimum Gasteiger partial charge on any atom is -0.481 e. The van der Waals surface area contributed by atoms with Gasteiger partial charge >= 0.3 is 29.8 Å². The first-order valence-electron chi connectivity index (χ1n) is 43.5. The van der Waals surface area contributed by atoms with Crippen molar-refractivity contribution in [2.45, 2.75) is 196 Å². The number of carboxylic acids is 5. The summed E-state index contributed by atoms with van der Waals surface area (Å²) in [6, 6.07) is 2.06. The number of nitrogens with zero attached hydrogens (tertiary/aromatic N) is 22. The Kier molecular flexibility index (Phi) is 30.5. The summed E-state index contributed by atoms with van der Waals surface area (Å²) < 4.78 is 0. The molecule has 19 N–H and O–H groups in total. The first-order chi connectivity index (χ1) is 57.1. The van der Waals surface area contributed by atoms with Crippen molar-refractivity contribution in [1.29, 1.82) is 0 Å². The zero-order valence-corrected chi connectivity index (χ0v) is 68.4. The molecule has 41 nitrogen and oxygen atoms in total. The van der Waals surface area contributed by atoms with Crippen molar-refractivity contribution in [2.24, 2.45) is 58.3 Å². The molecule has 16 heterocycles. The van der Waals surface area contributed by atoms with Gasteiger partial charge in [-0.25, -0.2) is 0 Å². The number of nitrogens with one attached hydrogen (secondary N) is 4. The van der Waals surface area contributed by atoms with Gasteiger partial charge in [0.25, 0.3) is 0 Å². The third kappa shape index (κ3) is 24.0. The lowest BCUT2D eigenvalue weighted by atomic mass is 9.97. The Morgan fingerprint density at radius 1 is 0.229 bits per heavy atom. The van der Waals surface area contributed by atoms with Crippen LogP contribution in [0.25, 0.3) is 0 Å². The lowest BCUT2D eigenvalue weighted by molar-refractivity contribution is -0.143. The van der Waals surface area contributed by atoms with Gasteiger partial charge in [-0.2, -0.15) is 59.8 Å². The minimum atomic E-state index is -0.783. The molecule has 0 bridgehead atoms. The van der Waals surface area contributed by atoms with Gasteiger partial charge in [0.15, 0.2) is 0 Å². The maximum Gasteiger partial charge on any atom is 0.306 e. The van der Waals surface area contributed by atoms with Crippen LogP contribution in [0, 0.1) is 29.6 Å². The summed E-state index contributed by atoms with van der Waals surface area (Å²) >= 11 is 0. The van der Waals surface area contributed by atoms with Crippen LogP contribution in [0.15, 0.2) is 0 Å². The molecule has 0 unspecified atom stereocenters. The fraction of sp³-hybridized carbons (Fsp3) is 0.779. The van der Waals surface area contributed by atoms with E-state index >= 15 is 0 Å². The molecule has 118 heavy (non-hydrogen) atoms.